The molecule has 2 aliphatic carbocycles. The highest BCUT2D eigenvalue weighted by molar-refractivity contribution is 6.00. The number of aromatic nitrogens is 1. The van der Waals surface area contributed by atoms with E-state index in [0.717, 1.165) is 55.6 Å². The van der Waals surface area contributed by atoms with Gasteiger partial charge in [-0.2, -0.15) is 0 Å². The van der Waals surface area contributed by atoms with E-state index in [1.165, 1.54) is 0 Å². The first-order valence-corrected chi connectivity index (χ1v) is 10.7. The number of aliphatic hydroxyl groups is 1. The molecule has 0 radical (unpaired) electrons. The largest absolute Gasteiger partial charge is 0.390 e. The standard InChI is InChI=1S/C23H31N3O3/c1-22(2,29)5-3-20(27)26-9-6-23(7-10-26)13-19(23)15-25-21(28)17-11-16-4-8-24-14-18(16)12-17/h4,8,12,14,19,29H,3,5-7,9-11,13,15H2,1-2H3,(H,25,28). The minimum absolute atomic E-state index is 0.0301. The molecule has 6 nitrogen and oxygen atoms in total. The summed E-state index contributed by atoms with van der Waals surface area (Å²) < 4.78 is 0. The van der Waals surface area contributed by atoms with Gasteiger partial charge in [0.15, 0.2) is 0 Å². The molecule has 1 saturated carbocycles. The maximum Gasteiger partial charge on any atom is 0.247 e. The molecule has 156 valence electrons. The van der Waals surface area contributed by atoms with Crippen molar-refractivity contribution in [3.05, 3.63) is 35.2 Å². The van der Waals surface area contributed by atoms with Gasteiger partial charge in [-0.05, 0) is 74.1 Å². The molecule has 29 heavy (non-hydrogen) atoms. The van der Waals surface area contributed by atoms with Gasteiger partial charge < -0.3 is 15.3 Å². The Labute approximate surface area is 172 Å². The first-order chi connectivity index (χ1) is 13.8. The van der Waals surface area contributed by atoms with Crippen LogP contribution < -0.4 is 5.32 Å². The van der Waals surface area contributed by atoms with Crippen LogP contribution in [0.2, 0.25) is 0 Å². The fourth-order valence-corrected chi connectivity index (χ4v) is 4.75. The molecule has 0 aromatic carbocycles. The van der Waals surface area contributed by atoms with E-state index < -0.39 is 5.60 Å². The van der Waals surface area contributed by atoms with Gasteiger partial charge in [-0.25, -0.2) is 0 Å². The number of amides is 2. The van der Waals surface area contributed by atoms with Crippen molar-refractivity contribution < 1.29 is 14.7 Å². The molecule has 0 bridgehead atoms. The van der Waals surface area contributed by atoms with Crippen LogP contribution in [-0.2, 0) is 16.0 Å². The lowest BCUT2D eigenvalue weighted by Gasteiger charge is -2.33. The zero-order chi connectivity index (χ0) is 20.6. The van der Waals surface area contributed by atoms with E-state index in [1.54, 1.807) is 20.0 Å². The van der Waals surface area contributed by atoms with Crippen LogP contribution in [0.1, 0.15) is 57.1 Å². The Morgan fingerprint density at radius 1 is 1.34 bits per heavy atom. The fourth-order valence-electron chi connectivity index (χ4n) is 4.75. The minimum atomic E-state index is -0.793. The number of pyridine rings is 1. The summed E-state index contributed by atoms with van der Waals surface area (Å²) in [5.74, 6) is 0.698. The Morgan fingerprint density at radius 2 is 2.10 bits per heavy atom. The molecule has 2 N–H and O–H groups in total. The van der Waals surface area contributed by atoms with Gasteiger partial charge in [0.25, 0.3) is 0 Å². The predicted molar refractivity (Wildman–Crippen MR) is 111 cm³/mol. The van der Waals surface area contributed by atoms with E-state index in [9.17, 15) is 14.7 Å². The molecule has 1 aromatic heterocycles. The Morgan fingerprint density at radius 3 is 2.79 bits per heavy atom. The van der Waals surface area contributed by atoms with E-state index in [2.05, 4.69) is 10.3 Å². The Kier molecular flexibility index (Phi) is 5.23. The summed E-state index contributed by atoms with van der Waals surface area (Å²) in [6.07, 6.45) is 10.3. The molecule has 4 rings (SSSR count). The lowest BCUT2D eigenvalue weighted by atomic mass is 9.90. The van der Waals surface area contributed by atoms with Gasteiger partial charge in [0.1, 0.15) is 0 Å². The number of nitrogens with one attached hydrogen (secondary N) is 1. The highest BCUT2D eigenvalue weighted by atomic mass is 16.3. The Balaban J connectivity index is 1.20. The Hall–Kier alpha value is -2.21. The molecule has 1 atom stereocenters. The summed E-state index contributed by atoms with van der Waals surface area (Å²) in [5, 5.41) is 12.9. The zero-order valence-corrected chi connectivity index (χ0v) is 17.4. The third kappa shape index (κ3) is 4.53. The third-order valence-corrected chi connectivity index (χ3v) is 6.88. The molecule has 1 saturated heterocycles. The van der Waals surface area contributed by atoms with Gasteiger partial charge in [0.05, 0.1) is 5.60 Å². The molecule has 1 aromatic rings. The smallest absolute Gasteiger partial charge is 0.247 e. The fraction of sp³-hybridized carbons (Fsp3) is 0.609. The molecule has 1 spiro atoms. The van der Waals surface area contributed by atoms with Crippen LogP contribution >= 0.6 is 0 Å². The maximum atomic E-state index is 12.5. The summed E-state index contributed by atoms with van der Waals surface area (Å²) in [7, 11) is 0. The predicted octanol–water partition coefficient (Wildman–Crippen LogP) is 2.32. The van der Waals surface area contributed by atoms with E-state index in [-0.39, 0.29) is 11.8 Å². The van der Waals surface area contributed by atoms with Crippen molar-refractivity contribution in [2.75, 3.05) is 19.6 Å². The number of piperidine rings is 1. The summed E-state index contributed by atoms with van der Waals surface area (Å²) in [6, 6.07) is 1.97. The second kappa shape index (κ2) is 7.56. The van der Waals surface area contributed by atoms with Gasteiger partial charge in [0, 0.05) is 50.4 Å². The van der Waals surface area contributed by atoms with E-state index in [1.807, 2.05) is 23.2 Å². The quantitative estimate of drug-likeness (QED) is 0.772. The highest BCUT2D eigenvalue weighted by Crippen LogP contribution is 2.59. The van der Waals surface area contributed by atoms with Crippen molar-refractivity contribution in [2.45, 2.75) is 58.0 Å². The molecule has 2 amide bonds. The van der Waals surface area contributed by atoms with Crippen LogP contribution in [-0.4, -0.2) is 52.0 Å². The van der Waals surface area contributed by atoms with Crippen LogP contribution in [0.5, 0.6) is 0 Å². The van der Waals surface area contributed by atoms with Crippen molar-refractivity contribution in [1.82, 2.24) is 15.2 Å². The monoisotopic (exact) mass is 397 g/mol. The molecular weight excluding hydrogens is 366 g/mol. The SMILES string of the molecule is CC(C)(O)CCC(=O)N1CCC2(CC1)CC2CNC(=O)C1=Cc2cnccc2C1. The van der Waals surface area contributed by atoms with Crippen LogP contribution in [0, 0.1) is 11.3 Å². The van der Waals surface area contributed by atoms with Crippen molar-refractivity contribution in [3.63, 3.8) is 0 Å². The second-order valence-electron chi connectivity index (χ2n) is 9.59. The van der Waals surface area contributed by atoms with E-state index in [4.69, 9.17) is 0 Å². The van der Waals surface area contributed by atoms with Gasteiger partial charge in [-0.3, -0.25) is 14.6 Å². The van der Waals surface area contributed by atoms with Gasteiger partial charge in [-0.15, -0.1) is 0 Å². The maximum absolute atomic E-state index is 12.5. The molecule has 6 heteroatoms. The second-order valence-corrected chi connectivity index (χ2v) is 9.59. The van der Waals surface area contributed by atoms with Crippen molar-refractivity contribution in [3.8, 4) is 0 Å². The molecule has 2 heterocycles. The van der Waals surface area contributed by atoms with Gasteiger partial charge >= 0.3 is 0 Å². The van der Waals surface area contributed by atoms with Crippen LogP contribution in [0.25, 0.3) is 6.08 Å². The van der Waals surface area contributed by atoms with Crippen molar-refractivity contribution >= 4 is 17.9 Å². The number of hydrogen-bond donors (Lipinski definition) is 2. The summed E-state index contributed by atoms with van der Waals surface area (Å²) in [5.41, 5.74) is 2.53. The number of fused-ring (bicyclic) bond motifs is 1. The number of carbonyl (C=O) groups is 2. The number of carbonyl (C=O) groups excluding carboxylic acids is 2. The highest BCUT2D eigenvalue weighted by Gasteiger charge is 2.54. The first-order valence-electron chi connectivity index (χ1n) is 10.7. The molecule has 2 fully saturated rings. The number of nitrogens with zero attached hydrogens (tertiary/aromatic N) is 2. The molecular formula is C23H31N3O3. The van der Waals surface area contributed by atoms with Crippen molar-refractivity contribution in [1.29, 1.82) is 0 Å². The lowest BCUT2D eigenvalue weighted by molar-refractivity contribution is -0.134. The number of hydrogen-bond acceptors (Lipinski definition) is 4. The topological polar surface area (TPSA) is 82.5 Å². The van der Waals surface area contributed by atoms with Crippen LogP contribution in [0.15, 0.2) is 24.0 Å². The average Bonchev–Trinajstić information content (AvgIpc) is 3.16. The normalized spacial score (nSPS) is 22.2. The number of rotatable bonds is 6. The first kappa shape index (κ1) is 20.1. The summed E-state index contributed by atoms with van der Waals surface area (Å²) in [4.78, 5) is 31.0. The third-order valence-electron chi connectivity index (χ3n) is 6.88. The summed E-state index contributed by atoms with van der Waals surface area (Å²) in [6.45, 7) is 5.79. The Bertz CT molecular complexity index is 832. The molecule has 1 unspecified atom stereocenters. The molecule has 3 aliphatic rings. The minimum Gasteiger partial charge on any atom is -0.390 e. The average molecular weight is 398 g/mol. The zero-order valence-electron chi connectivity index (χ0n) is 17.4. The summed E-state index contributed by atoms with van der Waals surface area (Å²) >= 11 is 0. The van der Waals surface area contributed by atoms with Crippen molar-refractivity contribution in [2.24, 2.45) is 11.3 Å². The van der Waals surface area contributed by atoms with E-state index >= 15 is 0 Å². The lowest BCUT2D eigenvalue weighted by Crippen LogP contribution is -2.40. The van der Waals surface area contributed by atoms with Crippen LogP contribution in [0.4, 0.5) is 0 Å². The van der Waals surface area contributed by atoms with Gasteiger partial charge in [-0.1, -0.05) is 0 Å². The molecule has 1 aliphatic heterocycles. The van der Waals surface area contributed by atoms with Crippen LogP contribution in [0.3, 0.4) is 0 Å². The number of likely N-dealkylation sites (tertiary alicyclic amines) is 1. The van der Waals surface area contributed by atoms with E-state index in [0.29, 0.717) is 30.6 Å². The van der Waals surface area contributed by atoms with Gasteiger partial charge in [0.2, 0.25) is 11.8 Å².